The molecule has 2 N–H and O–H groups in total. The first-order valence-electron chi connectivity index (χ1n) is 4.27. The van der Waals surface area contributed by atoms with Gasteiger partial charge in [-0.3, -0.25) is 0 Å². The van der Waals surface area contributed by atoms with Crippen molar-refractivity contribution < 1.29 is 8.42 Å². The quantitative estimate of drug-likeness (QED) is 0.381. The molecule has 0 saturated carbocycles. The van der Waals surface area contributed by atoms with Crippen LogP contribution in [0.2, 0.25) is 5.02 Å². The second-order valence-corrected chi connectivity index (χ2v) is 4.82. The predicted octanol–water partition coefficient (Wildman–Crippen LogP) is 1.65. The molecule has 0 radical (unpaired) electrons. The Kier molecular flexibility index (Phi) is 4.37. The average Bonchev–Trinajstić information content (AvgIpc) is 2.23. The maximum Gasteiger partial charge on any atom is 0.239 e. The lowest BCUT2D eigenvalue weighted by Crippen LogP contribution is -2.12. The number of halogens is 1. The van der Waals surface area contributed by atoms with Crippen LogP contribution in [0.3, 0.4) is 0 Å². The van der Waals surface area contributed by atoms with Crippen LogP contribution in [0.25, 0.3) is 10.4 Å². The van der Waals surface area contributed by atoms with Crippen molar-refractivity contribution in [3.05, 3.63) is 39.2 Å². The summed E-state index contributed by atoms with van der Waals surface area (Å²) < 4.78 is 22.1. The van der Waals surface area contributed by atoms with Gasteiger partial charge in [-0.05, 0) is 23.7 Å². The van der Waals surface area contributed by atoms with Gasteiger partial charge in [0.25, 0.3) is 0 Å². The van der Waals surface area contributed by atoms with Gasteiger partial charge in [0.1, 0.15) is 4.90 Å². The zero-order valence-corrected chi connectivity index (χ0v) is 10.0. The highest BCUT2D eigenvalue weighted by molar-refractivity contribution is 7.89. The fourth-order valence-corrected chi connectivity index (χ4v) is 2.11. The van der Waals surface area contributed by atoms with Crippen LogP contribution in [0, 0.1) is 11.8 Å². The van der Waals surface area contributed by atoms with E-state index >= 15 is 0 Å². The van der Waals surface area contributed by atoms with Gasteiger partial charge in [0, 0.05) is 10.5 Å². The second kappa shape index (κ2) is 5.57. The summed E-state index contributed by atoms with van der Waals surface area (Å²) in [6, 6.07) is 4.12. The maximum absolute atomic E-state index is 11.1. The smallest absolute Gasteiger partial charge is 0.225 e. The number of primary sulfonamides is 1. The number of hydrogen-bond acceptors (Lipinski definition) is 3. The molecule has 0 spiro atoms. The fourth-order valence-electron chi connectivity index (χ4n) is 1.02. The van der Waals surface area contributed by atoms with Crippen molar-refractivity contribution in [1.29, 1.82) is 0 Å². The van der Waals surface area contributed by atoms with E-state index in [1.807, 2.05) is 0 Å². The van der Waals surface area contributed by atoms with Crippen molar-refractivity contribution in [2.75, 3.05) is 6.54 Å². The highest BCUT2D eigenvalue weighted by Crippen LogP contribution is 2.20. The molecule has 0 unspecified atom stereocenters. The Morgan fingerprint density at radius 2 is 2.24 bits per heavy atom. The van der Waals surface area contributed by atoms with E-state index in [1.54, 1.807) is 0 Å². The summed E-state index contributed by atoms with van der Waals surface area (Å²) in [6.45, 7) is 0.0328. The Labute approximate surface area is 103 Å². The van der Waals surface area contributed by atoms with Crippen molar-refractivity contribution >= 4 is 21.6 Å². The Morgan fingerprint density at radius 1 is 1.53 bits per heavy atom. The van der Waals surface area contributed by atoms with E-state index in [0.29, 0.717) is 5.56 Å². The summed E-state index contributed by atoms with van der Waals surface area (Å²) >= 11 is 5.75. The molecule has 0 amide bonds. The topological polar surface area (TPSA) is 109 Å². The van der Waals surface area contributed by atoms with Gasteiger partial charge in [-0.15, -0.1) is 0 Å². The third-order valence-electron chi connectivity index (χ3n) is 1.68. The maximum atomic E-state index is 11.1. The number of hydrogen-bond donors (Lipinski definition) is 1. The molecule has 88 valence electrons. The molecule has 0 fully saturated rings. The lowest BCUT2D eigenvalue weighted by Gasteiger charge is -2.01. The molecule has 1 aromatic rings. The first-order chi connectivity index (χ1) is 7.95. The Morgan fingerprint density at radius 3 is 2.76 bits per heavy atom. The largest absolute Gasteiger partial charge is 0.239 e. The first kappa shape index (κ1) is 13.4. The van der Waals surface area contributed by atoms with Crippen molar-refractivity contribution in [2.24, 2.45) is 10.3 Å². The van der Waals surface area contributed by atoms with E-state index in [4.69, 9.17) is 22.3 Å². The molecular formula is C9H7ClN4O2S. The summed E-state index contributed by atoms with van der Waals surface area (Å²) in [5.74, 6) is 5.24. The molecule has 1 rings (SSSR count). The molecule has 8 heteroatoms. The minimum atomic E-state index is -3.83. The molecule has 0 saturated heterocycles. The van der Waals surface area contributed by atoms with Crippen LogP contribution in [0.5, 0.6) is 0 Å². The van der Waals surface area contributed by atoms with E-state index in [0.717, 1.165) is 0 Å². The van der Waals surface area contributed by atoms with E-state index in [-0.39, 0.29) is 16.5 Å². The highest BCUT2D eigenvalue weighted by Gasteiger charge is 2.12. The van der Waals surface area contributed by atoms with Gasteiger partial charge < -0.3 is 0 Å². The van der Waals surface area contributed by atoms with Crippen molar-refractivity contribution in [3.8, 4) is 11.8 Å². The van der Waals surface area contributed by atoms with Gasteiger partial charge in [0.05, 0.1) is 11.6 Å². The van der Waals surface area contributed by atoms with Gasteiger partial charge in [-0.1, -0.05) is 28.6 Å². The third kappa shape index (κ3) is 3.98. The molecule has 0 bridgehead atoms. The van der Waals surface area contributed by atoms with Crippen molar-refractivity contribution in [3.63, 3.8) is 0 Å². The molecule has 0 aliphatic rings. The Bertz CT molecular complexity index is 639. The summed E-state index contributed by atoms with van der Waals surface area (Å²) in [6.07, 6.45) is 0. The van der Waals surface area contributed by atoms with E-state index in [2.05, 4.69) is 21.9 Å². The average molecular weight is 271 g/mol. The SMILES string of the molecule is [N-]=[N+]=NCC#Cc1ccc(S(N)(=O)=O)c(Cl)c1. The normalized spacial score (nSPS) is 10.0. The van der Waals surface area contributed by atoms with E-state index in [1.165, 1.54) is 18.2 Å². The van der Waals surface area contributed by atoms with Crippen LogP contribution < -0.4 is 5.14 Å². The van der Waals surface area contributed by atoms with Crippen LogP contribution in [-0.2, 0) is 10.0 Å². The minimum absolute atomic E-state index is 0.00286. The molecular weight excluding hydrogens is 264 g/mol. The molecule has 1 aromatic carbocycles. The summed E-state index contributed by atoms with van der Waals surface area (Å²) in [4.78, 5) is 2.38. The van der Waals surface area contributed by atoms with Crippen LogP contribution in [0.15, 0.2) is 28.2 Å². The van der Waals surface area contributed by atoms with Crippen LogP contribution in [0.1, 0.15) is 5.56 Å². The molecule has 6 nitrogen and oxygen atoms in total. The lowest BCUT2D eigenvalue weighted by molar-refractivity contribution is 0.598. The number of benzene rings is 1. The number of azide groups is 1. The van der Waals surface area contributed by atoms with Crippen LogP contribution in [-0.4, -0.2) is 15.0 Å². The summed E-state index contributed by atoms with van der Waals surface area (Å²) in [7, 11) is -3.83. The fraction of sp³-hybridized carbons (Fsp3) is 0.111. The van der Waals surface area contributed by atoms with Crippen LogP contribution in [0.4, 0.5) is 0 Å². The zero-order valence-electron chi connectivity index (χ0n) is 8.46. The third-order valence-corrected chi connectivity index (χ3v) is 3.08. The number of rotatable bonds is 2. The molecule has 0 aliphatic heterocycles. The standard InChI is InChI=1S/C9H7ClN4O2S/c10-8-6-7(2-1-5-13-14-11)3-4-9(8)17(12,15)16/h3-4,6H,5H2,(H2,12,15,16). The van der Waals surface area contributed by atoms with Gasteiger partial charge in [-0.2, -0.15) is 0 Å². The first-order valence-corrected chi connectivity index (χ1v) is 6.19. The number of nitrogens with two attached hydrogens (primary N) is 1. The number of sulfonamides is 1. The molecule has 17 heavy (non-hydrogen) atoms. The molecule has 0 aliphatic carbocycles. The molecule has 0 aromatic heterocycles. The predicted molar refractivity (Wildman–Crippen MR) is 63.7 cm³/mol. The minimum Gasteiger partial charge on any atom is -0.225 e. The lowest BCUT2D eigenvalue weighted by atomic mass is 10.2. The highest BCUT2D eigenvalue weighted by atomic mass is 35.5. The van der Waals surface area contributed by atoms with Gasteiger partial charge in [-0.25, -0.2) is 13.6 Å². The Hall–Kier alpha value is -1.71. The Balaban J connectivity index is 3.04. The summed E-state index contributed by atoms with van der Waals surface area (Å²) in [5.41, 5.74) is 8.53. The monoisotopic (exact) mass is 270 g/mol. The second-order valence-electron chi connectivity index (χ2n) is 2.88. The van der Waals surface area contributed by atoms with Gasteiger partial charge in [0.2, 0.25) is 10.0 Å². The molecule has 0 atom stereocenters. The number of nitrogens with zero attached hydrogens (tertiary/aromatic N) is 3. The molecule has 0 heterocycles. The van der Waals surface area contributed by atoms with Crippen molar-refractivity contribution in [1.82, 2.24) is 0 Å². The van der Waals surface area contributed by atoms with Gasteiger partial charge in [0.15, 0.2) is 0 Å². The summed E-state index contributed by atoms with van der Waals surface area (Å²) in [5, 5.41) is 8.17. The van der Waals surface area contributed by atoms with E-state index in [9.17, 15) is 8.42 Å². The van der Waals surface area contributed by atoms with Crippen molar-refractivity contribution in [2.45, 2.75) is 4.90 Å². The van der Waals surface area contributed by atoms with Gasteiger partial charge >= 0.3 is 0 Å². The van der Waals surface area contributed by atoms with Crippen LogP contribution >= 0.6 is 11.6 Å². The zero-order chi connectivity index (χ0) is 12.9. The van der Waals surface area contributed by atoms with E-state index < -0.39 is 10.0 Å².